The van der Waals surface area contributed by atoms with Gasteiger partial charge in [0.25, 0.3) is 15.9 Å². The van der Waals surface area contributed by atoms with Gasteiger partial charge in [-0.2, -0.15) is 13.9 Å². The number of anilines is 2. The Balaban J connectivity index is 1.69. The molecule has 0 aliphatic heterocycles. The highest BCUT2D eigenvalue weighted by molar-refractivity contribution is 7.92. The number of halogens is 3. The molecular weight excluding hydrogens is 418 g/mol. The highest BCUT2D eigenvalue weighted by Gasteiger charge is 2.17. The molecule has 0 unspecified atom stereocenters. The van der Waals surface area contributed by atoms with Crippen LogP contribution in [-0.4, -0.2) is 34.3 Å². The van der Waals surface area contributed by atoms with Crippen molar-refractivity contribution in [2.24, 2.45) is 0 Å². The topological polar surface area (TPSA) is 119 Å². The van der Waals surface area contributed by atoms with E-state index in [1.54, 1.807) is 0 Å². The Hall–Kier alpha value is -3.12. The molecule has 1 amide bonds. The second kappa shape index (κ2) is 7.86. The zero-order valence-electron chi connectivity index (χ0n) is 13.8. The normalized spacial score (nSPS) is 11.4. The van der Waals surface area contributed by atoms with Gasteiger partial charge in [-0.3, -0.25) is 9.52 Å². The zero-order valence-corrected chi connectivity index (χ0v) is 15.3. The molecule has 2 heterocycles. The Kier molecular flexibility index (Phi) is 5.51. The third-order valence-corrected chi connectivity index (χ3v) is 4.91. The van der Waals surface area contributed by atoms with Gasteiger partial charge in [-0.1, -0.05) is 11.6 Å². The van der Waals surface area contributed by atoms with Crippen LogP contribution in [0.2, 0.25) is 5.15 Å². The van der Waals surface area contributed by atoms with Crippen LogP contribution in [0.25, 0.3) is 0 Å². The summed E-state index contributed by atoms with van der Waals surface area (Å²) in [5.41, 5.74) is 0.0433. The summed E-state index contributed by atoms with van der Waals surface area (Å²) in [7, 11) is -3.94. The van der Waals surface area contributed by atoms with Crippen LogP contribution in [0.4, 0.5) is 20.3 Å². The average Bonchev–Trinajstić information content (AvgIpc) is 3.15. The number of aromatic nitrogens is 4. The Labute approximate surface area is 162 Å². The lowest BCUT2D eigenvalue weighted by Crippen LogP contribution is -2.15. The summed E-state index contributed by atoms with van der Waals surface area (Å²) in [6.07, 6.45) is 0.973. The molecule has 9 nitrogen and oxygen atoms in total. The molecule has 0 atom stereocenters. The first-order chi connectivity index (χ1) is 13.2. The van der Waals surface area contributed by atoms with Crippen molar-refractivity contribution < 1.29 is 22.0 Å². The summed E-state index contributed by atoms with van der Waals surface area (Å²) < 4.78 is 52.2. The van der Waals surface area contributed by atoms with E-state index in [4.69, 9.17) is 11.6 Å². The van der Waals surface area contributed by atoms with Crippen LogP contribution < -0.4 is 10.0 Å². The van der Waals surface area contributed by atoms with Crippen molar-refractivity contribution >= 4 is 39.0 Å². The van der Waals surface area contributed by atoms with Gasteiger partial charge in [0.15, 0.2) is 16.7 Å². The number of nitrogens with zero attached hydrogens (tertiary/aromatic N) is 4. The molecule has 0 aliphatic carbocycles. The number of hydrogen-bond acceptors (Lipinski definition) is 6. The van der Waals surface area contributed by atoms with E-state index in [9.17, 15) is 22.0 Å². The monoisotopic (exact) mass is 428 g/mol. The Morgan fingerprint density at radius 2 is 1.79 bits per heavy atom. The van der Waals surface area contributed by atoms with Crippen molar-refractivity contribution in [3.63, 3.8) is 0 Å². The fourth-order valence-corrected chi connectivity index (χ4v) is 3.14. The van der Waals surface area contributed by atoms with E-state index in [1.165, 1.54) is 36.4 Å². The van der Waals surface area contributed by atoms with E-state index in [-0.39, 0.29) is 27.2 Å². The number of amides is 1. The maximum absolute atomic E-state index is 12.5. The van der Waals surface area contributed by atoms with E-state index >= 15 is 0 Å². The van der Waals surface area contributed by atoms with Gasteiger partial charge >= 0.3 is 6.55 Å². The molecule has 0 aliphatic rings. The van der Waals surface area contributed by atoms with Crippen LogP contribution in [0.5, 0.6) is 0 Å². The van der Waals surface area contributed by atoms with Gasteiger partial charge in [-0.15, -0.1) is 10.2 Å². The number of sulfonamides is 1. The second-order valence-electron chi connectivity index (χ2n) is 5.28. The van der Waals surface area contributed by atoms with Crippen LogP contribution >= 0.6 is 11.6 Å². The van der Waals surface area contributed by atoms with Crippen LogP contribution in [-0.2, 0) is 10.0 Å². The first kappa shape index (κ1) is 19.6. The minimum atomic E-state index is -3.94. The Morgan fingerprint density at radius 3 is 2.36 bits per heavy atom. The predicted octanol–water partition coefficient (Wildman–Crippen LogP) is 2.77. The Morgan fingerprint density at radius 1 is 1.07 bits per heavy atom. The second-order valence-corrected chi connectivity index (χ2v) is 7.35. The van der Waals surface area contributed by atoms with Crippen molar-refractivity contribution in [1.82, 2.24) is 20.0 Å². The van der Waals surface area contributed by atoms with Gasteiger partial charge in [0.05, 0.1) is 4.90 Å². The van der Waals surface area contributed by atoms with E-state index in [1.807, 2.05) is 0 Å². The largest absolute Gasteiger partial charge is 0.333 e. The molecule has 1 aromatic carbocycles. The maximum atomic E-state index is 12.5. The molecule has 0 saturated carbocycles. The lowest BCUT2D eigenvalue weighted by atomic mass is 10.3. The van der Waals surface area contributed by atoms with E-state index in [2.05, 4.69) is 25.3 Å². The first-order valence-electron chi connectivity index (χ1n) is 7.51. The number of benzene rings is 1. The van der Waals surface area contributed by atoms with E-state index < -0.39 is 22.5 Å². The summed E-state index contributed by atoms with van der Waals surface area (Å²) in [6.45, 7) is -2.86. The standard InChI is InChI=1S/C15H11ClF2N6O3S/c16-12-5-6-13(21-20-12)23-28(26,27)10-3-1-9(2-4-10)19-14(25)11-7-8-24(22-11)15(17)18/h1-8,15H,(H,19,25)(H,21,23). The highest BCUT2D eigenvalue weighted by atomic mass is 35.5. The van der Waals surface area contributed by atoms with Crippen LogP contribution in [0, 0.1) is 0 Å². The molecule has 28 heavy (non-hydrogen) atoms. The molecule has 0 bridgehead atoms. The van der Waals surface area contributed by atoms with Crippen LogP contribution in [0.1, 0.15) is 17.0 Å². The van der Waals surface area contributed by atoms with Crippen molar-refractivity contribution in [2.75, 3.05) is 10.0 Å². The highest BCUT2D eigenvalue weighted by Crippen LogP contribution is 2.18. The molecule has 2 aromatic heterocycles. The number of alkyl halides is 2. The van der Waals surface area contributed by atoms with Crippen molar-refractivity contribution in [3.05, 3.63) is 59.5 Å². The molecule has 0 spiro atoms. The van der Waals surface area contributed by atoms with E-state index in [0.717, 1.165) is 12.3 Å². The number of nitrogens with one attached hydrogen (secondary N) is 2. The molecule has 3 aromatic rings. The molecule has 0 saturated heterocycles. The molecule has 2 N–H and O–H groups in total. The van der Waals surface area contributed by atoms with Crippen LogP contribution in [0.3, 0.4) is 0 Å². The summed E-state index contributed by atoms with van der Waals surface area (Å²) in [5, 5.41) is 13.1. The summed E-state index contributed by atoms with van der Waals surface area (Å²) in [6, 6.07) is 9.03. The third-order valence-electron chi connectivity index (χ3n) is 3.33. The smallest absolute Gasteiger partial charge is 0.321 e. The minimum Gasteiger partial charge on any atom is -0.321 e. The van der Waals surface area contributed by atoms with Gasteiger partial charge in [0, 0.05) is 11.9 Å². The zero-order chi connectivity index (χ0) is 20.3. The number of carbonyl (C=O) groups excluding carboxylic acids is 1. The maximum Gasteiger partial charge on any atom is 0.333 e. The predicted molar refractivity (Wildman–Crippen MR) is 95.7 cm³/mol. The molecule has 0 fully saturated rings. The van der Waals surface area contributed by atoms with Gasteiger partial charge < -0.3 is 5.32 Å². The number of rotatable bonds is 6. The van der Waals surface area contributed by atoms with Gasteiger partial charge in [-0.05, 0) is 42.5 Å². The van der Waals surface area contributed by atoms with E-state index in [0.29, 0.717) is 4.68 Å². The number of hydrogen-bond donors (Lipinski definition) is 2. The summed E-state index contributed by atoms with van der Waals surface area (Å²) >= 11 is 5.59. The quantitative estimate of drug-likeness (QED) is 0.623. The van der Waals surface area contributed by atoms with Crippen LogP contribution in [0.15, 0.2) is 53.6 Å². The van der Waals surface area contributed by atoms with Gasteiger partial charge in [-0.25, -0.2) is 13.1 Å². The van der Waals surface area contributed by atoms with Gasteiger partial charge in [0.1, 0.15) is 0 Å². The third kappa shape index (κ3) is 4.58. The van der Waals surface area contributed by atoms with Crippen molar-refractivity contribution in [3.8, 4) is 0 Å². The molecule has 146 valence electrons. The summed E-state index contributed by atoms with van der Waals surface area (Å²) in [5.74, 6) is -0.735. The molecule has 3 rings (SSSR count). The fourth-order valence-electron chi connectivity index (χ4n) is 2.05. The average molecular weight is 429 g/mol. The SMILES string of the molecule is O=C(Nc1ccc(S(=O)(=O)Nc2ccc(Cl)nn2)cc1)c1ccn(C(F)F)n1. The minimum absolute atomic E-state index is 0.0172. The van der Waals surface area contributed by atoms with Gasteiger partial charge in [0.2, 0.25) is 0 Å². The van der Waals surface area contributed by atoms with Crippen molar-refractivity contribution in [2.45, 2.75) is 11.4 Å². The lowest BCUT2D eigenvalue weighted by Gasteiger charge is -2.08. The lowest BCUT2D eigenvalue weighted by molar-refractivity contribution is 0.0561. The van der Waals surface area contributed by atoms with Crippen molar-refractivity contribution in [1.29, 1.82) is 0 Å². The Bertz CT molecular complexity index is 1090. The molecule has 13 heteroatoms. The first-order valence-corrected chi connectivity index (χ1v) is 9.37. The molecular formula is C15H11ClF2N6O3S. The molecule has 0 radical (unpaired) electrons. The summed E-state index contributed by atoms with van der Waals surface area (Å²) in [4.78, 5) is 11.9. The fraction of sp³-hybridized carbons (Fsp3) is 0.0667. The number of carbonyl (C=O) groups is 1.